The fraction of sp³-hybridized carbons (Fsp3) is 0.500. The van der Waals surface area contributed by atoms with Gasteiger partial charge in [-0.05, 0) is 43.4 Å². The molecule has 3 rings (SSSR count). The van der Waals surface area contributed by atoms with E-state index in [9.17, 15) is 9.59 Å². The fourth-order valence-corrected chi connectivity index (χ4v) is 4.79. The first-order valence-electron chi connectivity index (χ1n) is 14.2. The molecular weight excluding hydrogens is 474 g/mol. The van der Waals surface area contributed by atoms with E-state index in [0.29, 0.717) is 32.7 Å². The van der Waals surface area contributed by atoms with Crippen LogP contribution in [-0.4, -0.2) is 59.9 Å². The number of ether oxygens (including phenoxy) is 1. The Morgan fingerprint density at radius 1 is 0.868 bits per heavy atom. The molecule has 6 nitrogen and oxygen atoms in total. The molecule has 0 atom stereocenters. The molecule has 0 aliphatic carbocycles. The Bertz CT molecular complexity index is 1120. The zero-order valence-electron chi connectivity index (χ0n) is 23.5. The highest BCUT2D eigenvalue weighted by Gasteiger charge is 2.22. The number of amides is 2. The van der Waals surface area contributed by atoms with E-state index in [0.717, 1.165) is 43.2 Å². The Morgan fingerprint density at radius 2 is 1.63 bits per heavy atom. The minimum atomic E-state index is -0.0119. The molecule has 6 heteroatoms. The molecule has 0 aliphatic heterocycles. The minimum absolute atomic E-state index is 0.0119. The van der Waals surface area contributed by atoms with Gasteiger partial charge in [0, 0.05) is 56.9 Å². The van der Waals surface area contributed by atoms with Crippen molar-refractivity contribution < 1.29 is 14.3 Å². The van der Waals surface area contributed by atoms with Gasteiger partial charge in [0.25, 0.3) is 0 Å². The Labute approximate surface area is 228 Å². The quantitative estimate of drug-likeness (QED) is 0.214. The molecule has 206 valence electrons. The molecule has 0 aliphatic rings. The zero-order chi connectivity index (χ0) is 27.2. The van der Waals surface area contributed by atoms with Crippen molar-refractivity contribution in [1.29, 1.82) is 0 Å². The van der Waals surface area contributed by atoms with E-state index in [1.807, 2.05) is 23.2 Å². The number of carbonyl (C=O) groups is 2. The fourth-order valence-electron chi connectivity index (χ4n) is 4.79. The number of hydrogen-bond acceptors (Lipinski definition) is 3. The minimum Gasteiger partial charge on any atom is -0.385 e. The third-order valence-electron chi connectivity index (χ3n) is 7.12. The van der Waals surface area contributed by atoms with Crippen LogP contribution in [0.25, 0.3) is 10.9 Å². The summed E-state index contributed by atoms with van der Waals surface area (Å²) in [5, 5.41) is 1.19. The van der Waals surface area contributed by atoms with Crippen LogP contribution in [0.4, 0.5) is 0 Å². The Morgan fingerprint density at radius 3 is 2.39 bits per heavy atom. The second-order valence-corrected chi connectivity index (χ2v) is 10.2. The summed E-state index contributed by atoms with van der Waals surface area (Å²) >= 11 is 0. The van der Waals surface area contributed by atoms with Crippen molar-refractivity contribution in [2.45, 2.75) is 71.8 Å². The molecule has 0 radical (unpaired) electrons. The number of H-pyrrole nitrogens is 1. The number of rotatable bonds is 17. The van der Waals surface area contributed by atoms with Crippen molar-refractivity contribution in [3.8, 4) is 0 Å². The van der Waals surface area contributed by atoms with Crippen molar-refractivity contribution in [2.24, 2.45) is 0 Å². The lowest BCUT2D eigenvalue weighted by Crippen LogP contribution is -2.44. The molecule has 0 unspecified atom stereocenters. The van der Waals surface area contributed by atoms with Crippen LogP contribution < -0.4 is 0 Å². The van der Waals surface area contributed by atoms with E-state index in [-0.39, 0.29) is 18.4 Å². The van der Waals surface area contributed by atoms with Crippen LogP contribution in [0.1, 0.15) is 68.6 Å². The van der Waals surface area contributed by atoms with Crippen LogP contribution in [0.15, 0.2) is 54.7 Å². The third kappa shape index (κ3) is 9.32. The lowest BCUT2D eigenvalue weighted by Gasteiger charge is -2.28. The number of aromatic amines is 1. The van der Waals surface area contributed by atoms with Gasteiger partial charge in [-0.15, -0.1) is 0 Å². The molecular formula is C32H45N3O3. The number of aryl methyl sites for hydroxylation is 1. The number of para-hydroxylation sites is 1. The highest BCUT2D eigenvalue weighted by atomic mass is 16.5. The normalized spacial score (nSPS) is 11.1. The summed E-state index contributed by atoms with van der Waals surface area (Å²) in [6, 6.07) is 16.6. The topological polar surface area (TPSA) is 65.6 Å². The molecule has 3 aromatic rings. The summed E-state index contributed by atoms with van der Waals surface area (Å²) in [5.74, 6) is 0.0556. The Hall–Kier alpha value is -3.12. The van der Waals surface area contributed by atoms with Gasteiger partial charge >= 0.3 is 0 Å². The van der Waals surface area contributed by atoms with Gasteiger partial charge in [0.2, 0.25) is 11.8 Å². The SMILES string of the molecule is CCCCCCCC(=O)N(CCCOC)CC(=O)N(CCc1c[nH]c2ccccc12)Cc1ccc(C)cc1. The lowest BCUT2D eigenvalue weighted by atomic mass is 10.1. The molecule has 38 heavy (non-hydrogen) atoms. The standard InChI is InChI=1S/C32H45N3O3/c1-4-5-6-7-8-14-31(36)34(20-11-22-38-3)25-32(37)35(24-27-17-15-26(2)16-18-27)21-19-28-23-33-30-13-10-9-12-29(28)30/h9-10,12-13,15-18,23,33H,4-8,11,14,19-22,24-25H2,1-3H3. The highest BCUT2D eigenvalue weighted by molar-refractivity contribution is 5.85. The van der Waals surface area contributed by atoms with Crippen molar-refractivity contribution >= 4 is 22.7 Å². The number of nitrogens with one attached hydrogen (secondary N) is 1. The average Bonchev–Trinajstić information content (AvgIpc) is 3.34. The third-order valence-corrected chi connectivity index (χ3v) is 7.12. The number of benzene rings is 2. The second kappa shape index (κ2) is 16.0. The molecule has 1 aromatic heterocycles. The summed E-state index contributed by atoms with van der Waals surface area (Å²) < 4.78 is 5.22. The zero-order valence-corrected chi connectivity index (χ0v) is 23.5. The maximum Gasteiger partial charge on any atom is 0.242 e. The Balaban J connectivity index is 1.70. The molecule has 0 fully saturated rings. The number of aromatic nitrogens is 1. The first-order chi connectivity index (χ1) is 18.5. The largest absolute Gasteiger partial charge is 0.385 e. The molecule has 1 N–H and O–H groups in total. The van der Waals surface area contributed by atoms with Crippen LogP contribution in [0, 0.1) is 6.92 Å². The average molecular weight is 520 g/mol. The monoisotopic (exact) mass is 519 g/mol. The van der Waals surface area contributed by atoms with Crippen molar-refractivity contribution in [2.75, 3.05) is 33.4 Å². The molecule has 0 saturated heterocycles. The van der Waals surface area contributed by atoms with E-state index in [2.05, 4.69) is 55.2 Å². The molecule has 2 amide bonds. The predicted molar refractivity (Wildman–Crippen MR) is 155 cm³/mol. The second-order valence-electron chi connectivity index (χ2n) is 10.2. The number of carbonyl (C=O) groups excluding carboxylic acids is 2. The smallest absolute Gasteiger partial charge is 0.242 e. The Kier molecular flexibility index (Phi) is 12.4. The first kappa shape index (κ1) is 29.4. The van der Waals surface area contributed by atoms with Crippen molar-refractivity contribution in [3.63, 3.8) is 0 Å². The summed E-state index contributed by atoms with van der Waals surface area (Å²) in [7, 11) is 1.67. The van der Waals surface area contributed by atoms with Crippen LogP contribution in [0.5, 0.6) is 0 Å². The molecule has 0 spiro atoms. The van der Waals surface area contributed by atoms with Crippen molar-refractivity contribution in [1.82, 2.24) is 14.8 Å². The van der Waals surface area contributed by atoms with Crippen LogP contribution >= 0.6 is 0 Å². The molecule has 2 aromatic carbocycles. The van der Waals surface area contributed by atoms with Crippen LogP contribution in [-0.2, 0) is 27.3 Å². The van der Waals surface area contributed by atoms with Gasteiger partial charge in [-0.1, -0.05) is 80.6 Å². The van der Waals surface area contributed by atoms with E-state index in [1.165, 1.54) is 29.4 Å². The van der Waals surface area contributed by atoms with Crippen LogP contribution in [0.2, 0.25) is 0 Å². The number of methoxy groups -OCH3 is 1. The summed E-state index contributed by atoms with van der Waals surface area (Å²) in [4.78, 5) is 33.8. The number of nitrogens with zero attached hydrogens (tertiary/aromatic N) is 2. The lowest BCUT2D eigenvalue weighted by molar-refractivity contribution is -0.141. The van der Waals surface area contributed by atoms with E-state index in [4.69, 9.17) is 4.74 Å². The van der Waals surface area contributed by atoms with E-state index >= 15 is 0 Å². The maximum atomic E-state index is 13.7. The van der Waals surface area contributed by atoms with Gasteiger partial charge < -0.3 is 19.5 Å². The van der Waals surface area contributed by atoms with Gasteiger partial charge in [0.05, 0.1) is 6.54 Å². The highest BCUT2D eigenvalue weighted by Crippen LogP contribution is 2.19. The van der Waals surface area contributed by atoms with E-state index < -0.39 is 0 Å². The number of hydrogen-bond donors (Lipinski definition) is 1. The van der Waals surface area contributed by atoms with Gasteiger partial charge in [0.15, 0.2) is 0 Å². The van der Waals surface area contributed by atoms with Gasteiger partial charge in [-0.25, -0.2) is 0 Å². The molecule has 1 heterocycles. The van der Waals surface area contributed by atoms with Crippen LogP contribution in [0.3, 0.4) is 0 Å². The van der Waals surface area contributed by atoms with Crippen molar-refractivity contribution in [3.05, 3.63) is 71.4 Å². The van der Waals surface area contributed by atoms with Gasteiger partial charge in [0.1, 0.15) is 0 Å². The summed E-state index contributed by atoms with van der Waals surface area (Å²) in [6.07, 6.45) is 9.48. The van der Waals surface area contributed by atoms with Gasteiger partial charge in [-0.3, -0.25) is 9.59 Å². The predicted octanol–water partition coefficient (Wildman–Crippen LogP) is 6.27. The number of unbranched alkanes of at least 4 members (excludes halogenated alkanes) is 4. The van der Waals surface area contributed by atoms with Gasteiger partial charge in [-0.2, -0.15) is 0 Å². The maximum absolute atomic E-state index is 13.7. The summed E-state index contributed by atoms with van der Waals surface area (Å²) in [5.41, 5.74) is 4.59. The van der Waals surface area contributed by atoms with E-state index in [1.54, 1.807) is 12.0 Å². The molecule has 0 bridgehead atoms. The first-order valence-corrected chi connectivity index (χ1v) is 14.2. The molecule has 0 saturated carbocycles. The number of fused-ring (bicyclic) bond motifs is 1. The summed E-state index contributed by atoms with van der Waals surface area (Å²) in [6.45, 7) is 6.59.